The molecular formula is C21H20N2O4. The first-order valence-electron chi connectivity index (χ1n) is 9.15. The smallest absolute Gasteiger partial charge is 0.261 e. The maximum atomic E-state index is 13.1. The third kappa shape index (κ3) is 2.87. The van der Waals surface area contributed by atoms with Crippen LogP contribution in [-0.2, 0) is 0 Å². The van der Waals surface area contributed by atoms with E-state index in [1.54, 1.807) is 23.1 Å². The monoisotopic (exact) mass is 364 g/mol. The molecule has 2 aliphatic heterocycles. The number of hydrogen-bond acceptors (Lipinski definition) is 4. The number of carbonyl (C=O) groups is 3. The van der Waals surface area contributed by atoms with Gasteiger partial charge in [0.15, 0.2) is 0 Å². The van der Waals surface area contributed by atoms with Gasteiger partial charge in [0.2, 0.25) is 0 Å². The van der Waals surface area contributed by atoms with Gasteiger partial charge in [-0.2, -0.15) is 0 Å². The lowest BCUT2D eigenvalue weighted by molar-refractivity contribution is 0.0652. The van der Waals surface area contributed by atoms with E-state index in [0.29, 0.717) is 47.8 Å². The minimum absolute atomic E-state index is 0.208. The summed E-state index contributed by atoms with van der Waals surface area (Å²) in [5.74, 6) is -0.143. The average molecular weight is 364 g/mol. The number of nitrogens with zero attached hydrogens (tertiary/aromatic N) is 2. The maximum absolute atomic E-state index is 13.1. The van der Waals surface area contributed by atoms with Crippen molar-refractivity contribution in [1.82, 2.24) is 4.90 Å². The van der Waals surface area contributed by atoms with Gasteiger partial charge >= 0.3 is 0 Å². The van der Waals surface area contributed by atoms with Crippen LogP contribution in [-0.4, -0.2) is 42.3 Å². The molecule has 0 aliphatic carbocycles. The van der Waals surface area contributed by atoms with Crippen LogP contribution in [0.2, 0.25) is 0 Å². The summed E-state index contributed by atoms with van der Waals surface area (Å²) < 4.78 is 5.60. The normalized spacial score (nSPS) is 15.4. The zero-order chi connectivity index (χ0) is 19.0. The van der Waals surface area contributed by atoms with Crippen molar-refractivity contribution >= 4 is 23.4 Å². The predicted octanol–water partition coefficient (Wildman–Crippen LogP) is 3.12. The van der Waals surface area contributed by atoms with E-state index in [1.807, 2.05) is 31.2 Å². The summed E-state index contributed by atoms with van der Waals surface area (Å²) in [6, 6.07) is 12.1. The van der Waals surface area contributed by atoms with E-state index in [-0.39, 0.29) is 17.7 Å². The second-order valence-electron chi connectivity index (χ2n) is 6.65. The predicted molar refractivity (Wildman–Crippen MR) is 100 cm³/mol. The first kappa shape index (κ1) is 17.3. The molecule has 2 heterocycles. The van der Waals surface area contributed by atoms with Gasteiger partial charge in [0.25, 0.3) is 17.7 Å². The molecule has 2 aliphatic rings. The largest absolute Gasteiger partial charge is 0.490 e. The van der Waals surface area contributed by atoms with Gasteiger partial charge in [-0.3, -0.25) is 19.3 Å². The topological polar surface area (TPSA) is 66.9 Å². The highest BCUT2D eigenvalue weighted by molar-refractivity contribution is 6.22. The Morgan fingerprint density at radius 2 is 1.85 bits per heavy atom. The van der Waals surface area contributed by atoms with Gasteiger partial charge in [0, 0.05) is 12.1 Å². The van der Waals surface area contributed by atoms with Crippen molar-refractivity contribution in [1.29, 1.82) is 0 Å². The number of unbranched alkanes of at least 4 members (excludes halogenated alkanes) is 1. The molecule has 0 radical (unpaired) electrons. The number of carbonyl (C=O) groups excluding carboxylic acids is 3. The lowest BCUT2D eigenvalue weighted by atomic mass is 10.0. The molecule has 2 aromatic carbocycles. The SMILES string of the molecule is CCCCN1C(=O)c2ccc(C(=O)N3CCOc4ccccc43)cc2C1=O. The molecule has 0 saturated heterocycles. The third-order valence-corrected chi connectivity index (χ3v) is 4.93. The van der Waals surface area contributed by atoms with E-state index in [4.69, 9.17) is 4.74 Å². The molecule has 2 aromatic rings. The molecule has 0 spiro atoms. The van der Waals surface area contributed by atoms with Gasteiger partial charge < -0.3 is 9.64 Å². The van der Waals surface area contributed by atoms with Gasteiger partial charge in [0.05, 0.1) is 23.4 Å². The van der Waals surface area contributed by atoms with E-state index in [0.717, 1.165) is 12.8 Å². The van der Waals surface area contributed by atoms with Gasteiger partial charge in [-0.05, 0) is 36.8 Å². The van der Waals surface area contributed by atoms with Crippen LogP contribution in [0.5, 0.6) is 5.75 Å². The van der Waals surface area contributed by atoms with Crippen molar-refractivity contribution in [3.8, 4) is 5.75 Å². The number of imide groups is 1. The van der Waals surface area contributed by atoms with E-state index in [1.165, 1.54) is 4.90 Å². The molecule has 27 heavy (non-hydrogen) atoms. The standard InChI is InChI=1S/C21H20N2O4/c1-2-3-10-23-20(25)15-9-8-14(13-16(15)21(23)26)19(24)22-11-12-27-18-7-5-4-6-17(18)22/h4-9,13H,2-3,10-12H2,1H3. The van der Waals surface area contributed by atoms with E-state index < -0.39 is 0 Å². The van der Waals surface area contributed by atoms with E-state index >= 15 is 0 Å². The van der Waals surface area contributed by atoms with Crippen LogP contribution in [0, 0.1) is 0 Å². The van der Waals surface area contributed by atoms with Crippen LogP contribution in [0.15, 0.2) is 42.5 Å². The molecule has 0 unspecified atom stereocenters. The van der Waals surface area contributed by atoms with Crippen molar-refractivity contribution < 1.29 is 19.1 Å². The first-order chi connectivity index (χ1) is 13.1. The number of ether oxygens (including phenoxy) is 1. The molecule has 138 valence electrons. The quantitative estimate of drug-likeness (QED) is 0.782. The lowest BCUT2D eigenvalue weighted by Gasteiger charge is -2.29. The van der Waals surface area contributed by atoms with Gasteiger partial charge in [-0.1, -0.05) is 25.5 Å². The molecule has 0 bridgehead atoms. The van der Waals surface area contributed by atoms with Crippen LogP contribution < -0.4 is 9.64 Å². The summed E-state index contributed by atoms with van der Waals surface area (Å²) in [5.41, 5.74) is 1.78. The van der Waals surface area contributed by atoms with Gasteiger partial charge in [-0.25, -0.2) is 0 Å². The average Bonchev–Trinajstić information content (AvgIpc) is 2.95. The number of benzene rings is 2. The molecule has 0 fully saturated rings. The highest BCUT2D eigenvalue weighted by Crippen LogP contribution is 2.32. The molecule has 0 aromatic heterocycles. The highest BCUT2D eigenvalue weighted by atomic mass is 16.5. The Bertz CT molecular complexity index is 938. The number of anilines is 1. The molecule has 0 N–H and O–H groups in total. The number of amides is 3. The summed E-state index contributed by atoms with van der Waals surface area (Å²) in [6.07, 6.45) is 1.66. The summed E-state index contributed by atoms with van der Waals surface area (Å²) >= 11 is 0. The van der Waals surface area contributed by atoms with Gasteiger partial charge in [0.1, 0.15) is 12.4 Å². The second kappa shape index (κ2) is 6.87. The number of hydrogen-bond donors (Lipinski definition) is 0. The van der Waals surface area contributed by atoms with Crippen molar-refractivity contribution in [2.24, 2.45) is 0 Å². The molecule has 6 heteroatoms. The molecule has 6 nitrogen and oxygen atoms in total. The number of fused-ring (bicyclic) bond motifs is 2. The Balaban J connectivity index is 1.65. The molecule has 3 amide bonds. The fourth-order valence-electron chi connectivity index (χ4n) is 3.48. The van der Waals surface area contributed by atoms with Crippen molar-refractivity contribution in [2.45, 2.75) is 19.8 Å². The van der Waals surface area contributed by atoms with E-state index in [9.17, 15) is 14.4 Å². The van der Waals surface area contributed by atoms with Crippen LogP contribution in [0.4, 0.5) is 5.69 Å². The summed E-state index contributed by atoms with van der Waals surface area (Å²) in [4.78, 5) is 41.1. The van der Waals surface area contributed by atoms with E-state index in [2.05, 4.69) is 0 Å². The van der Waals surface area contributed by atoms with Crippen molar-refractivity contribution in [3.63, 3.8) is 0 Å². The minimum atomic E-state index is -0.319. The summed E-state index contributed by atoms with van der Waals surface area (Å²) in [5, 5.41) is 0. The Kier molecular flexibility index (Phi) is 4.39. The summed E-state index contributed by atoms with van der Waals surface area (Å²) in [7, 11) is 0. The van der Waals surface area contributed by atoms with Crippen molar-refractivity contribution in [3.05, 3.63) is 59.2 Å². The van der Waals surface area contributed by atoms with Crippen LogP contribution in [0.25, 0.3) is 0 Å². The molecule has 4 rings (SSSR count). The molecule has 0 atom stereocenters. The fraction of sp³-hybridized carbons (Fsp3) is 0.286. The molecule has 0 saturated carbocycles. The maximum Gasteiger partial charge on any atom is 0.261 e. The Morgan fingerprint density at radius 3 is 2.67 bits per heavy atom. The van der Waals surface area contributed by atoms with Crippen LogP contribution in [0.1, 0.15) is 50.8 Å². The minimum Gasteiger partial charge on any atom is -0.490 e. The Morgan fingerprint density at radius 1 is 1.07 bits per heavy atom. The van der Waals surface area contributed by atoms with Crippen molar-refractivity contribution in [2.75, 3.05) is 24.6 Å². The fourth-order valence-corrected chi connectivity index (χ4v) is 3.48. The number of para-hydroxylation sites is 2. The number of rotatable bonds is 4. The zero-order valence-corrected chi connectivity index (χ0v) is 15.1. The third-order valence-electron chi connectivity index (χ3n) is 4.93. The Hall–Kier alpha value is -3.15. The molecular weight excluding hydrogens is 344 g/mol. The zero-order valence-electron chi connectivity index (χ0n) is 15.1. The lowest BCUT2D eigenvalue weighted by Crippen LogP contribution is -2.38. The summed E-state index contributed by atoms with van der Waals surface area (Å²) in [6.45, 7) is 3.26. The van der Waals surface area contributed by atoms with Gasteiger partial charge in [-0.15, -0.1) is 0 Å². The second-order valence-corrected chi connectivity index (χ2v) is 6.65. The van der Waals surface area contributed by atoms with Crippen LogP contribution in [0.3, 0.4) is 0 Å². The Labute approximate surface area is 157 Å². The van der Waals surface area contributed by atoms with Crippen LogP contribution >= 0.6 is 0 Å². The highest BCUT2D eigenvalue weighted by Gasteiger charge is 2.36. The first-order valence-corrected chi connectivity index (χ1v) is 9.15.